The van der Waals surface area contributed by atoms with Crippen LogP contribution in [0.2, 0.25) is 0 Å². The summed E-state index contributed by atoms with van der Waals surface area (Å²) < 4.78 is 57.5. The quantitative estimate of drug-likeness (QED) is 0.305. The summed E-state index contributed by atoms with van der Waals surface area (Å²) in [7, 11) is 0. The fraction of sp³-hybridized carbons (Fsp3) is 0.375. The van der Waals surface area contributed by atoms with E-state index in [1.807, 2.05) is 36.1 Å². The second-order valence-corrected chi connectivity index (χ2v) is 11.3. The molecule has 0 bridgehead atoms. The Balaban J connectivity index is 1.42. The summed E-state index contributed by atoms with van der Waals surface area (Å²) in [6.07, 6.45) is 1.23. The van der Waals surface area contributed by atoms with E-state index >= 15 is 8.78 Å². The molecule has 1 N–H and O–H groups in total. The molecule has 0 spiro atoms. The molecule has 0 amide bonds. The third-order valence-electron chi connectivity index (χ3n) is 7.45. The van der Waals surface area contributed by atoms with Gasteiger partial charge >= 0.3 is 5.97 Å². The van der Waals surface area contributed by atoms with Gasteiger partial charge in [0.2, 0.25) is 0 Å². The van der Waals surface area contributed by atoms with Crippen LogP contribution in [0.5, 0.6) is 5.75 Å². The van der Waals surface area contributed by atoms with Gasteiger partial charge in [-0.2, -0.15) is 0 Å². The van der Waals surface area contributed by atoms with Crippen LogP contribution in [0.1, 0.15) is 61.3 Å². The van der Waals surface area contributed by atoms with Crippen LogP contribution in [0.15, 0.2) is 60.2 Å². The minimum absolute atomic E-state index is 0.00298. The van der Waals surface area contributed by atoms with Crippen molar-refractivity contribution >= 4 is 11.5 Å². The van der Waals surface area contributed by atoms with Gasteiger partial charge in [0.1, 0.15) is 36.3 Å². The molecule has 216 valence electrons. The van der Waals surface area contributed by atoms with E-state index in [1.54, 1.807) is 18.2 Å². The van der Waals surface area contributed by atoms with Crippen LogP contribution in [0.3, 0.4) is 0 Å². The fourth-order valence-corrected chi connectivity index (χ4v) is 5.84. The summed E-state index contributed by atoms with van der Waals surface area (Å²) >= 11 is 0. The maximum absolute atomic E-state index is 15.9. The largest absolute Gasteiger partial charge is 0.487 e. The molecule has 0 radical (unpaired) electrons. The number of pyridine rings is 1. The van der Waals surface area contributed by atoms with Gasteiger partial charge in [-0.3, -0.25) is 9.88 Å². The Labute approximate surface area is 237 Å². The number of carbonyl (C=O) groups is 1. The molecule has 2 atom stereocenters. The van der Waals surface area contributed by atoms with Crippen LogP contribution < -0.4 is 4.74 Å². The Morgan fingerprint density at radius 3 is 2.44 bits per heavy atom. The van der Waals surface area contributed by atoms with Gasteiger partial charge in [-0.15, -0.1) is 0 Å². The molecule has 0 fully saturated rings. The van der Waals surface area contributed by atoms with Crippen molar-refractivity contribution in [2.75, 3.05) is 13.2 Å². The lowest BCUT2D eigenvalue weighted by Crippen LogP contribution is -2.47. The number of ether oxygens (including phenoxy) is 2. The number of hydrogen-bond donors (Lipinski definition) is 1. The Hall–Kier alpha value is -3.69. The second kappa shape index (κ2) is 11.7. The number of alkyl halides is 1. The van der Waals surface area contributed by atoms with Gasteiger partial charge in [0.15, 0.2) is 0 Å². The molecule has 0 saturated carbocycles. The molecule has 5 rings (SSSR count). The molecule has 3 aromatic rings. The lowest BCUT2D eigenvalue weighted by atomic mass is 9.84. The first kappa shape index (κ1) is 28.8. The highest BCUT2D eigenvalue weighted by atomic mass is 19.1. The maximum Gasteiger partial charge on any atom is 0.329 e. The molecule has 0 saturated heterocycles. The lowest BCUT2D eigenvalue weighted by molar-refractivity contribution is -0.142. The van der Waals surface area contributed by atoms with Gasteiger partial charge < -0.3 is 14.6 Å². The predicted molar refractivity (Wildman–Crippen MR) is 148 cm³/mol. The van der Waals surface area contributed by atoms with Crippen molar-refractivity contribution in [3.8, 4) is 5.75 Å². The maximum atomic E-state index is 15.9. The Morgan fingerprint density at radius 1 is 1.07 bits per heavy atom. The number of nitrogens with zero attached hydrogens (tertiary/aromatic N) is 2. The Bertz CT molecular complexity index is 1460. The second-order valence-electron chi connectivity index (χ2n) is 11.3. The number of aliphatic carboxylic acids is 1. The molecule has 2 heterocycles. The highest BCUT2D eigenvalue weighted by Crippen LogP contribution is 2.50. The minimum Gasteiger partial charge on any atom is -0.487 e. The van der Waals surface area contributed by atoms with Crippen LogP contribution in [0.4, 0.5) is 13.2 Å². The average molecular weight is 567 g/mol. The highest BCUT2D eigenvalue weighted by molar-refractivity contribution is 5.79. The molecule has 1 aliphatic heterocycles. The van der Waals surface area contributed by atoms with Crippen molar-refractivity contribution in [2.45, 2.75) is 64.6 Å². The predicted octanol–water partition coefficient (Wildman–Crippen LogP) is 6.43. The van der Waals surface area contributed by atoms with E-state index in [0.717, 1.165) is 22.3 Å². The first-order valence-corrected chi connectivity index (χ1v) is 13.6. The van der Waals surface area contributed by atoms with Crippen molar-refractivity contribution in [3.63, 3.8) is 0 Å². The number of fused-ring (bicyclic) bond motifs is 2. The fourth-order valence-electron chi connectivity index (χ4n) is 5.84. The van der Waals surface area contributed by atoms with E-state index in [0.29, 0.717) is 24.2 Å². The van der Waals surface area contributed by atoms with Crippen LogP contribution in [-0.4, -0.2) is 45.8 Å². The molecule has 2 aliphatic rings. The molecule has 6 nitrogen and oxygen atoms in total. The monoisotopic (exact) mass is 566 g/mol. The summed E-state index contributed by atoms with van der Waals surface area (Å²) in [6.45, 7) is 4.47. The number of benzene rings is 2. The van der Waals surface area contributed by atoms with Crippen LogP contribution in [-0.2, 0) is 29.2 Å². The molecule has 9 heteroatoms. The molecule has 0 unspecified atom stereocenters. The van der Waals surface area contributed by atoms with Crippen molar-refractivity contribution < 1.29 is 32.5 Å². The summed E-state index contributed by atoms with van der Waals surface area (Å²) in [5.74, 6) is -2.59. The Kier molecular flexibility index (Phi) is 8.20. The number of hydrogen-bond acceptors (Lipinski definition) is 5. The van der Waals surface area contributed by atoms with E-state index in [4.69, 9.17) is 14.6 Å². The molecule has 1 aromatic heterocycles. The number of rotatable bonds is 10. The first-order chi connectivity index (χ1) is 19.5. The van der Waals surface area contributed by atoms with E-state index in [2.05, 4.69) is 4.98 Å². The van der Waals surface area contributed by atoms with Crippen LogP contribution in [0.25, 0.3) is 5.57 Å². The zero-order chi connectivity index (χ0) is 29.3. The van der Waals surface area contributed by atoms with Crippen molar-refractivity contribution in [1.82, 2.24) is 9.88 Å². The third-order valence-corrected chi connectivity index (χ3v) is 7.45. The minimum atomic E-state index is -1.56. The Morgan fingerprint density at radius 2 is 1.76 bits per heavy atom. The molecule has 2 aromatic carbocycles. The summed E-state index contributed by atoms with van der Waals surface area (Å²) in [5, 5.41) is 8.72. The standard InChI is InChI=1S/C32H33F3N2O4/c1-19-11-25-24-10-5-4-7-20(24)12-26(25)31(37(19)18-32(2,3)35)30-27(33)13-23(14-28(30)34)41-16-22-9-6-8-21(36-22)15-40-17-29(38)39/h4-10,13-14,19,31H,11-12,15-18H2,1-3H3,(H,38,39)/t19-,31+/m1/s1. The lowest BCUT2D eigenvalue weighted by Gasteiger charge is -2.44. The van der Waals surface area contributed by atoms with Gasteiger partial charge in [-0.1, -0.05) is 30.3 Å². The summed E-state index contributed by atoms with van der Waals surface area (Å²) in [4.78, 5) is 16.9. The number of aromatic nitrogens is 1. The van der Waals surface area contributed by atoms with Gasteiger partial charge in [-0.05, 0) is 68.0 Å². The normalized spacial score (nSPS) is 18.8. The van der Waals surface area contributed by atoms with Crippen LogP contribution >= 0.6 is 0 Å². The number of carboxylic acids is 1. The SMILES string of the molecule is C[C@@H]1CC2=C(Cc3ccccc32)[C@@H](c2c(F)cc(OCc3cccc(COCC(=O)O)n3)cc2F)N1CC(C)(C)F. The van der Waals surface area contributed by atoms with Crippen molar-refractivity contribution in [1.29, 1.82) is 0 Å². The van der Waals surface area contributed by atoms with Gasteiger partial charge in [0, 0.05) is 30.3 Å². The van der Waals surface area contributed by atoms with E-state index < -0.39 is 35.9 Å². The molecule has 1 aliphatic carbocycles. The number of carboxylic acid groups (broad SMARTS) is 1. The summed E-state index contributed by atoms with van der Waals surface area (Å²) in [6, 6.07) is 14.5. The first-order valence-electron chi connectivity index (χ1n) is 13.6. The molecule has 41 heavy (non-hydrogen) atoms. The van der Waals surface area contributed by atoms with E-state index in [-0.39, 0.29) is 37.1 Å². The highest BCUT2D eigenvalue weighted by Gasteiger charge is 2.43. The van der Waals surface area contributed by atoms with Crippen molar-refractivity contribution in [2.24, 2.45) is 0 Å². The van der Waals surface area contributed by atoms with Crippen molar-refractivity contribution in [3.05, 3.63) is 99.9 Å². The smallest absolute Gasteiger partial charge is 0.329 e. The van der Waals surface area contributed by atoms with Gasteiger partial charge in [-0.25, -0.2) is 18.0 Å². The van der Waals surface area contributed by atoms with Gasteiger partial charge in [0.05, 0.1) is 24.0 Å². The van der Waals surface area contributed by atoms with E-state index in [9.17, 15) is 9.18 Å². The zero-order valence-corrected chi connectivity index (χ0v) is 23.3. The third kappa shape index (κ3) is 6.47. The van der Waals surface area contributed by atoms with Gasteiger partial charge in [0.25, 0.3) is 0 Å². The zero-order valence-electron chi connectivity index (χ0n) is 23.3. The van der Waals surface area contributed by atoms with Crippen LogP contribution in [0, 0.1) is 11.6 Å². The molecular weight excluding hydrogens is 533 g/mol. The van der Waals surface area contributed by atoms with E-state index in [1.165, 1.54) is 26.0 Å². The molecular formula is C32H33F3N2O4. The average Bonchev–Trinajstić information content (AvgIpc) is 3.26. The number of halogens is 3. The summed E-state index contributed by atoms with van der Waals surface area (Å²) in [5.41, 5.74) is 3.53. The topological polar surface area (TPSA) is 71.9 Å².